The Morgan fingerprint density at radius 3 is 2.70 bits per heavy atom. The Labute approximate surface area is 123 Å². The van der Waals surface area contributed by atoms with E-state index in [9.17, 15) is 9.59 Å². The normalized spacial score (nSPS) is 21.7. The van der Waals surface area contributed by atoms with E-state index in [0.29, 0.717) is 24.4 Å². The highest BCUT2D eigenvalue weighted by Crippen LogP contribution is 2.33. The van der Waals surface area contributed by atoms with Crippen molar-refractivity contribution < 1.29 is 14.7 Å². The quantitative estimate of drug-likeness (QED) is 0.929. The first-order valence-corrected chi connectivity index (χ1v) is 7.09. The Balaban J connectivity index is 2.03. The summed E-state index contributed by atoms with van der Waals surface area (Å²) >= 11 is 5.92. The van der Waals surface area contributed by atoms with E-state index in [0.717, 1.165) is 12.0 Å². The molecule has 0 radical (unpaired) electrons. The number of nitrogens with zero attached hydrogens (tertiary/aromatic N) is 1. The zero-order valence-corrected chi connectivity index (χ0v) is 12.1. The second-order valence-corrected chi connectivity index (χ2v) is 5.74. The van der Waals surface area contributed by atoms with E-state index in [1.165, 1.54) is 0 Å². The van der Waals surface area contributed by atoms with Gasteiger partial charge in [-0.15, -0.1) is 0 Å². The predicted molar refractivity (Wildman–Crippen MR) is 76.4 cm³/mol. The second kappa shape index (κ2) is 6.27. The zero-order chi connectivity index (χ0) is 14.7. The highest BCUT2D eigenvalue weighted by atomic mass is 35.5. The van der Waals surface area contributed by atoms with Gasteiger partial charge < -0.3 is 10.0 Å². The summed E-state index contributed by atoms with van der Waals surface area (Å²) in [5, 5.41) is 9.78. The van der Waals surface area contributed by atoms with Crippen molar-refractivity contribution >= 4 is 23.5 Å². The van der Waals surface area contributed by atoms with Crippen molar-refractivity contribution in [2.45, 2.75) is 25.8 Å². The van der Waals surface area contributed by atoms with Gasteiger partial charge in [0, 0.05) is 18.6 Å². The first-order chi connectivity index (χ1) is 9.49. The summed E-state index contributed by atoms with van der Waals surface area (Å²) in [6.45, 7) is 0.447. The van der Waals surface area contributed by atoms with Crippen LogP contribution in [0.15, 0.2) is 24.3 Å². The van der Waals surface area contributed by atoms with Crippen LogP contribution in [0, 0.1) is 11.8 Å². The summed E-state index contributed by atoms with van der Waals surface area (Å²) in [7, 11) is 1.71. The molecule has 1 aromatic rings. The van der Waals surface area contributed by atoms with Crippen LogP contribution >= 0.6 is 11.6 Å². The van der Waals surface area contributed by atoms with Gasteiger partial charge in [-0.05, 0) is 30.5 Å². The minimum absolute atomic E-state index is 0.0881. The molecule has 4 nitrogen and oxygen atoms in total. The summed E-state index contributed by atoms with van der Waals surface area (Å²) in [5.74, 6) is -1.88. The fourth-order valence-electron chi connectivity index (χ4n) is 2.82. The van der Waals surface area contributed by atoms with E-state index in [4.69, 9.17) is 16.7 Å². The van der Waals surface area contributed by atoms with Crippen LogP contribution in [-0.4, -0.2) is 28.9 Å². The highest BCUT2D eigenvalue weighted by molar-refractivity contribution is 6.30. The molecular weight excluding hydrogens is 278 g/mol. The van der Waals surface area contributed by atoms with Crippen LogP contribution in [0.4, 0.5) is 0 Å². The molecule has 1 fully saturated rings. The molecule has 1 amide bonds. The average Bonchev–Trinajstić information content (AvgIpc) is 2.87. The third kappa shape index (κ3) is 3.31. The van der Waals surface area contributed by atoms with Crippen molar-refractivity contribution in [3.8, 4) is 0 Å². The molecule has 1 aromatic carbocycles. The average molecular weight is 296 g/mol. The van der Waals surface area contributed by atoms with E-state index in [1.54, 1.807) is 18.0 Å². The van der Waals surface area contributed by atoms with E-state index in [2.05, 4.69) is 0 Å². The second-order valence-electron chi connectivity index (χ2n) is 5.31. The number of benzene rings is 1. The van der Waals surface area contributed by atoms with Crippen LogP contribution in [0.25, 0.3) is 0 Å². The van der Waals surface area contributed by atoms with Gasteiger partial charge >= 0.3 is 5.97 Å². The number of carbonyl (C=O) groups excluding carboxylic acids is 1. The topological polar surface area (TPSA) is 57.6 Å². The van der Waals surface area contributed by atoms with Gasteiger partial charge in [0.2, 0.25) is 5.91 Å². The van der Waals surface area contributed by atoms with Crippen LogP contribution in [-0.2, 0) is 16.1 Å². The van der Waals surface area contributed by atoms with Gasteiger partial charge in [-0.1, -0.05) is 30.2 Å². The molecule has 1 aliphatic rings. The minimum Gasteiger partial charge on any atom is -0.481 e. The van der Waals surface area contributed by atoms with Gasteiger partial charge in [-0.25, -0.2) is 0 Å². The van der Waals surface area contributed by atoms with Crippen LogP contribution in [0.2, 0.25) is 5.02 Å². The third-order valence-electron chi connectivity index (χ3n) is 3.84. The summed E-state index contributed by atoms with van der Waals surface area (Å²) in [6.07, 6.45) is 2.06. The monoisotopic (exact) mass is 295 g/mol. The first-order valence-electron chi connectivity index (χ1n) is 6.71. The molecule has 1 aliphatic carbocycles. The molecule has 0 saturated heterocycles. The lowest BCUT2D eigenvalue weighted by molar-refractivity contribution is -0.148. The first kappa shape index (κ1) is 14.9. The van der Waals surface area contributed by atoms with Crippen molar-refractivity contribution in [3.05, 3.63) is 34.9 Å². The SMILES string of the molecule is CN(Cc1cccc(Cl)c1)C(=O)[C@@H]1CCC[C@@H]1C(=O)O. The number of halogens is 1. The Bertz CT molecular complexity index is 518. The molecular formula is C15H18ClNO3. The molecule has 108 valence electrons. The molecule has 0 aromatic heterocycles. The van der Waals surface area contributed by atoms with Gasteiger partial charge in [0.05, 0.1) is 11.8 Å². The number of rotatable bonds is 4. The lowest BCUT2D eigenvalue weighted by Crippen LogP contribution is -2.36. The molecule has 20 heavy (non-hydrogen) atoms. The Morgan fingerprint density at radius 1 is 1.35 bits per heavy atom. The van der Waals surface area contributed by atoms with Crippen molar-refractivity contribution in [2.75, 3.05) is 7.05 Å². The third-order valence-corrected chi connectivity index (χ3v) is 4.07. The lowest BCUT2D eigenvalue weighted by atomic mass is 9.95. The molecule has 2 atom stereocenters. The Morgan fingerprint density at radius 2 is 2.05 bits per heavy atom. The molecule has 0 heterocycles. The van der Waals surface area contributed by atoms with Gasteiger partial charge in [-0.3, -0.25) is 9.59 Å². The maximum absolute atomic E-state index is 12.4. The standard InChI is InChI=1S/C15H18ClNO3/c1-17(9-10-4-2-5-11(16)8-10)14(18)12-6-3-7-13(12)15(19)20/h2,4-5,8,12-13H,3,6-7,9H2,1H3,(H,19,20)/t12-,13+/m1/s1. The number of carboxylic acids is 1. The van der Waals surface area contributed by atoms with Crippen LogP contribution < -0.4 is 0 Å². The highest BCUT2D eigenvalue weighted by Gasteiger charge is 2.38. The number of hydrogen-bond acceptors (Lipinski definition) is 2. The van der Waals surface area contributed by atoms with Crippen LogP contribution in [0.3, 0.4) is 0 Å². The van der Waals surface area contributed by atoms with Crippen molar-refractivity contribution in [3.63, 3.8) is 0 Å². The van der Waals surface area contributed by atoms with Gasteiger partial charge in [0.15, 0.2) is 0 Å². The number of amides is 1. The molecule has 5 heteroatoms. The van der Waals surface area contributed by atoms with E-state index in [1.807, 2.05) is 18.2 Å². The van der Waals surface area contributed by atoms with E-state index >= 15 is 0 Å². The van der Waals surface area contributed by atoms with Crippen molar-refractivity contribution in [2.24, 2.45) is 11.8 Å². The van der Waals surface area contributed by atoms with Gasteiger partial charge in [0.1, 0.15) is 0 Å². The summed E-state index contributed by atoms with van der Waals surface area (Å²) in [5.41, 5.74) is 0.943. The predicted octanol–water partition coefficient (Wildman–Crippen LogP) is 2.80. The van der Waals surface area contributed by atoms with Gasteiger partial charge in [0.25, 0.3) is 0 Å². The largest absolute Gasteiger partial charge is 0.481 e. The molecule has 1 saturated carbocycles. The van der Waals surface area contributed by atoms with Crippen LogP contribution in [0.5, 0.6) is 0 Å². The molecule has 0 bridgehead atoms. The molecule has 0 aliphatic heterocycles. The number of aliphatic carboxylic acids is 1. The summed E-state index contributed by atoms with van der Waals surface area (Å²) < 4.78 is 0. The van der Waals surface area contributed by atoms with E-state index < -0.39 is 17.8 Å². The fraction of sp³-hybridized carbons (Fsp3) is 0.467. The molecule has 2 rings (SSSR count). The summed E-state index contributed by atoms with van der Waals surface area (Å²) in [6, 6.07) is 7.34. The molecule has 0 spiro atoms. The molecule has 1 N–H and O–H groups in total. The Hall–Kier alpha value is -1.55. The maximum atomic E-state index is 12.4. The molecule has 0 unspecified atom stereocenters. The fourth-order valence-corrected chi connectivity index (χ4v) is 3.03. The van der Waals surface area contributed by atoms with Crippen LogP contribution in [0.1, 0.15) is 24.8 Å². The smallest absolute Gasteiger partial charge is 0.307 e. The van der Waals surface area contributed by atoms with Gasteiger partial charge in [-0.2, -0.15) is 0 Å². The Kier molecular flexibility index (Phi) is 4.65. The zero-order valence-electron chi connectivity index (χ0n) is 11.4. The lowest BCUT2D eigenvalue weighted by Gasteiger charge is -2.23. The summed E-state index contributed by atoms with van der Waals surface area (Å²) in [4.78, 5) is 25.1. The van der Waals surface area contributed by atoms with Crippen molar-refractivity contribution in [1.29, 1.82) is 0 Å². The minimum atomic E-state index is -0.864. The van der Waals surface area contributed by atoms with E-state index in [-0.39, 0.29) is 5.91 Å². The number of carbonyl (C=O) groups is 2. The number of carboxylic acid groups (broad SMARTS) is 1. The number of hydrogen-bond donors (Lipinski definition) is 1. The van der Waals surface area contributed by atoms with Crippen molar-refractivity contribution in [1.82, 2.24) is 4.90 Å². The maximum Gasteiger partial charge on any atom is 0.307 e.